The summed E-state index contributed by atoms with van der Waals surface area (Å²) in [7, 11) is 0. The van der Waals surface area contributed by atoms with Crippen molar-refractivity contribution in [2.75, 3.05) is 0 Å². The number of rotatable bonds is 1. The summed E-state index contributed by atoms with van der Waals surface area (Å²) < 4.78 is 2.31. The van der Waals surface area contributed by atoms with Crippen molar-refractivity contribution in [2.24, 2.45) is 5.92 Å². The van der Waals surface area contributed by atoms with Crippen LogP contribution in [0.2, 0.25) is 0 Å². The molecule has 1 fully saturated rings. The molecule has 2 aromatic rings. The maximum absolute atomic E-state index is 4.76. The van der Waals surface area contributed by atoms with Gasteiger partial charge in [-0.1, -0.05) is 24.0 Å². The molecule has 0 spiro atoms. The highest BCUT2D eigenvalue weighted by Gasteiger charge is 2.17. The van der Waals surface area contributed by atoms with E-state index in [4.69, 9.17) is 4.98 Å². The summed E-state index contributed by atoms with van der Waals surface area (Å²) in [4.78, 5) is 4.76. The molecule has 2 nitrogen and oxygen atoms in total. The van der Waals surface area contributed by atoms with Crippen LogP contribution in [0.3, 0.4) is 0 Å². The molecule has 0 amide bonds. The van der Waals surface area contributed by atoms with Crippen LogP contribution in [-0.4, -0.2) is 9.55 Å². The van der Waals surface area contributed by atoms with E-state index in [9.17, 15) is 0 Å². The normalized spacial score (nSPS) is 17.2. The Kier molecular flexibility index (Phi) is 2.85. The molecule has 0 unspecified atom stereocenters. The second-order valence-electron chi connectivity index (χ2n) is 5.81. The van der Waals surface area contributed by atoms with E-state index in [1.165, 1.54) is 37.1 Å². The average molecular weight is 262 g/mol. The third-order valence-corrected chi connectivity index (χ3v) is 4.09. The lowest BCUT2D eigenvalue weighted by atomic mass is 10.1. The van der Waals surface area contributed by atoms with Crippen LogP contribution in [0, 0.1) is 17.8 Å². The lowest BCUT2D eigenvalue weighted by Gasteiger charge is -2.11. The fraction of sp³-hybridized carbons (Fsp3) is 0.389. The molecule has 0 N–H and O–H groups in total. The number of imidazole rings is 1. The van der Waals surface area contributed by atoms with Gasteiger partial charge in [-0.15, -0.1) is 0 Å². The van der Waals surface area contributed by atoms with Gasteiger partial charge in [0.05, 0.1) is 5.69 Å². The Morgan fingerprint density at radius 2 is 1.95 bits per heavy atom. The fourth-order valence-electron chi connectivity index (χ4n) is 2.69. The summed E-state index contributed by atoms with van der Waals surface area (Å²) >= 11 is 0. The van der Waals surface area contributed by atoms with Crippen molar-refractivity contribution in [1.29, 1.82) is 0 Å². The topological polar surface area (TPSA) is 17.8 Å². The van der Waals surface area contributed by atoms with E-state index in [2.05, 4.69) is 46.9 Å². The zero-order valence-electron chi connectivity index (χ0n) is 11.6. The van der Waals surface area contributed by atoms with Crippen molar-refractivity contribution in [3.8, 4) is 23.1 Å². The maximum Gasteiger partial charge on any atom is 0.109 e. The van der Waals surface area contributed by atoms with Crippen LogP contribution in [0.25, 0.3) is 11.3 Å². The molecule has 0 atom stereocenters. The third-order valence-electron chi connectivity index (χ3n) is 4.09. The van der Waals surface area contributed by atoms with E-state index >= 15 is 0 Å². The van der Waals surface area contributed by atoms with E-state index < -0.39 is 0 Å². The number of hydrogen-bond acceptors (Lipinski definition) is 1. The molecular formula is C18H18N2. The molecular weight excluding hydrogens is 244 g/mol. The molecule has 2 heterocycles. The first-order valence-electron chi connectivity index (χ1n) is 7.56. The number of aryl methyl sites for hydroxylation is 2. The van der Waals surface area contributed by atoms with Crippen LogP contribution in [0.1, 0.15) is 37.1 Å². The van der Waals surface area contributed by atoms with Gasteiger partial charge in [0.25, 0.3) is 0 Å². The molecule has 1 aliphatic carbocycles. The lowest BCUT2D eigenvalue weighted by molar-refractivity contribution is 0.522. The molecule has 20 heavy (non-hydrogen) atoms. The largest absolute Gasteiger partial charge is 0.334 e. The molecule has 1 aromatic heterocycles. The molecule has 2 heteroatoms. The lowest BCUT2D eigenvalue weighted by Crippen LogP contribution is -2.08. The molecule has 1 saturated carbocycles. The standard InChI is InChI=1S/C18H18N2/c1-2-12-20-13-17(19-18(20)3-1)16-10-8-15(9-11-16)7-6-14-4-5-14/h8-11,13-14H,1-5,12H2. The Labute approximate surface area is 119 Å². The van der Waals surface area contributed by atoms with Crippen molar-refractivity contribution in [2.45, 2.75) is 38.6 Å². The van der Waals surface area contributed by atoms with Gasteiger partial charge in [0.2, 0.25) is 0 Å². The summed E-state index contributed by atoms with van der Waals surface area (Å²) in [6, 6.07) is 8.52. The van der Waals surface area contributed by atoms with Crippen molar-refractivity contribution >= 4 is 0 Å². The smallest absolute Gasteiger partial charge is 0.109 e. The van der Waals surface area contributed by atoms with Gasteiger partial charge >= 0.3 is 0 Å². The first kappa shape index (κ1) is 11.8. The van der Waals surface area contributed by atoms with E-state index in [0.717, 1.165) is 24.2 Å². The van der Waals surface area contributed by atoms with E-state index in [0.29, 0.717) is 5.92 Å². The summed E-state index contributed by atoms with van der Waals surface area (Å²) in [5.74, 6) is 8.46. The van der Waals surface area contributed by atoms with Crippen LogP contribution in [0.15, 0.2) is 30.5 Å². The zero-order chi connectivity index (χ0) is 13.4. The minimum Gasteiger partial charge on any atom is -0.334 e. The quantitative estimate of drug-likeness (QED) is 0.717. The molecule has 0 bridgehead atoms. The van der Waals surface area contributed by atoms with Gasteiger partial charge in [-0.3, -0.25) is 0 Å². The molecule has 100 valence electrons. The molecule has 1 aliphatic heterocycles. The van der Waals surface area contributed by atoms with Gasteiger partial charge in [-0.05, 0) is 37.8 Å². The molecule has 2 aliphatic rings. The Morgan fingerprint density at radius 3 is 2.70 bits per heavy atom. The van der Waals surface area contributed by atoms with Gasteiger partial charge in [0, 0.05) is 36.2 Å². The number of fused-ring (bicyclic) bond motifs is 1. The number of aromatic nitrogens is 2. The Bertz CT molecular complexity index is 655. The van der Waals surface area contributed by atoms with Crippen LogP contribution in [0.5, 0.6) is 0 Å². The minimum absolute atomic E-state index is 0.662. The molecule has 0 radical (unpaired) electrons. The second kappa shape index (κ2) is 4.83. The summed E-state index contributed by atoms with van der Waals surface area (Å²) in [5.41, 5.74) is 3.41. The van der Waals surface area contributed by atoms with Crippen molar-refractivity contribution in [3.63, 3.8) is 0 Å². The average Bonchev–Trinajstić information content (AvgIpc) is 3.22. The summed E-state index contributed by atoms with van der Waals surface area (Å²) in [5, 5.41) is 0. The van der Waals surface area contributed by atoms with Crippen molar-refractivity contribution < 1.29 is 0 Å². The highest BCUT2D eigenvalue weighted by Crippen LogP contribution is 2.27. The van der Waals surface area contributed by atoms with Gasteiger partial charge in [0.15, 0.2) is 0 Å². The molecule has 0 saturated heterocycles. The second-order valence-corrected chi connectivity index (χ2v) is 5.81. The summed E-state index contributed by atoms with van der Waals surface area (Å²) in [6.45, 7) is 1.12. The van der Waals surface area contributed by atoms with Gasteiger partial charge in [0.1, 0.15) is 5.82 Å². The summed E-state index contributed by atoms with van der Waals surface area (Å²) in [6.07, 6.45) is 8.42. The van der Waals surface area contributed by atoms with Crippen LogP contribution in [-0.2, 0) is 13.0 Å². The van der Waals surface area contributed by atoms with Gasteiger partial charge in [-0.25, -0.2) is 4.98 Å². The number of nitrogens with zero attached hydrogens (tertiary/aromatic N) is 2. The van der Waals surface area contributed by atoms with Gasteiger partial charge < -0.3 is 4.57 Å². The molecule has 4 rings (SSSR count). The third kappa shape index (κ3) is 2.36. The monoisotopic (exact) mass is 262 g/mol. The molecule has 1 aromatic carbocycles. The highest BCUT2D eigenvalue weighted by atomic mass is 15.1. The predicted molar refractivity (Wildman–Crippen MR) is 80.2 cm³/mol. The van der Waals surface area contributed by atoms with E-state index in [1.54, 1.807) is 0 Å². The first-order valence-corrected chi connectivity index (χ1v) is 7.56. The Morgan fingerprint density at radius 1 is 1.10 bits per heavy atom. The highest BCUT2D eigenvalue weighted by molar-refractivity contribution is 5.60. The number of hydrogen-bond donors (Lipinski definition) is 0. The Hall–Kier alpha value is -2.01. The van der Waals surface area contributed by atoms with Crippen molar-refractivity contribution in [1.82, 2.24) is 9.55 Å². The number of benzene rings is 1. The fourth-order valence-corrected chi connectivity index (χ4v) is 2.69. The first-order chi connectivity index (χ1) is 9.88. The Balaban J connectivity index is 1.59. The van der Waals surface area contributed by atoms with Gasteiger partial charge in [-0.2, -0.15) is 0 Å². The predicted octanol–water partition coefficient (Wildman–Crippen LogP) is 3.65. The van der Waals surface area contributed by atoms with Crippen LogP contribution >= 0.6 is 0 Å². The van der Waals surface area contributed by atoms with Crippen LogP contribution in [0.4, 0.5) is 0 Å². The van der Waals surface area contributed by atoms with Crippen molar-refractivity contribution in [3.05, 3.63) is 41.9 Å². The SMILES string of the molecule is C(#CC1CC1)c1ccc(-c2cn3c(n2)CCCC3)cc1. The van der Waals surface area contributed by atoms with E-state index in [-0.39, 0.29) is 0 Å². The maximum atomic E-state index is 4.76. The van der Waals surface area contributed by atoms with E-state index in [1.807, 2.05) is 0 Å². The van der Waals surface area contributed by atoms with Crippen LogP contribution < -0.4 is 0 Å². The zero-order valence-corrected chi connectivity index (χ0v) is 11.6. The minimum atomic E-state index is 0.662.